The monoisotopic (exact) mass is 425 g/mol. The Balaban J connectivity index is 0.000000304. The highest BCUT2D eigenvalue weighted by Gasteiger charge is 2.08. The van der Waals surface area contributed by atoms with Crippen LogP contribution in [0.2, 0.25) is 0 Å². The molecule has 0 unspecified atom stereocenters. The number of carboxylic acids is 1. The molecule has 0 atom stereocenters. The third-order valence-corrected chi connectivity index (χ3v) is 4.45. The molecule has 170 valence electrons. The number of anilines is 1. The van der Waals surface area contributed by atoms with Crippen molar-refractivity contribution in [2.45, 2.75) is 77.9 Å². The lowest BCUT2D eigenvalue weighted by molar-refractivity contribution is -0.137. The van der Waals surface area contributed by atoms with Crippen LogP contribution in [0.1, 0.15) is 71.1 Å². The number of rotatable bonds is 14. The van der Waals surface area contributed by atoms with E-state index >= 15 is 0 Å². The van der Waals surface area contributed by atoms with Crippen molar-refractivity contribution < 1.29 is 19.7 Å². The third kappa shape index (κ3) is 10.4. The Hall–Kier alpha value is -2.46. The molecule has 0 aliphatic carbocycles. The first-order valence-corrected chi connectivity index (χ1v) is 10.6. The van der Waals surface area contributed by atoms with Gasteiger partial charge in [0.1, 0.15) is 6.73 Å². The molecular weight excluding hydrogens is 390 g/mol. The molecule has 5 N–H and O–H groups in total. The Kier molecular flexibility index (Phi) is 13.1. The molecule has 10 nitrogen and oxygen atoms in total. The molecule has 0 radical (unpaired) electrons. The second-order valence-corrected chi connectivity index (χ2v) is 7.07. The lowest BCUT2D eigenvalue weighted by Crippen LogP contribution is -2.13. The molecule has 0 amide bonds. The number of carboxylic acid groups (broad SMARTS) is 1. The number of nitrogen functional groups attached to an aromatic ring is 1. The predicted molar refractivity (Wildman–Crippen MR) is 115 cm³/mol. The van der Waals surface area contributed by atoms with Crippen LogP contribution in [0.3, 0.4) is 0 Å². The normalized spacial score (nSPS) is 10.7. The summed E-state index contributed by atoms with van der Waals surface area (Å²) in [6.07, 6.45) is 12.9. The molecule has 2 rings (SSSR count). The number of aliphatic carboxylic acids is 1. The summed E-state index contributed by atoms with van der Waals surface area (Å²) < 4.78 is 6.63. The van der Waals surface area contributed by atoms with E-state index in [0.29, 0.717) is 12.1 Å². The molecule has 2 aromatic heterocycles. The Morgan fingerprint density at radius 2 is 1.80 bits per heavy atom. The number of ether oxygens (including phenoxy) is 1. The molecule has 0 spiro atoms. The highest BCUT2D eigenvalue weighted by molar-refractivity contribution is 5.70. The number of nitrogens with zero attached hydrogens (tertiary/aromatic N) is 3. The standard InChI is InChI=1S/C12H24O2.C8H11N5O3/c1-2-3-4-5-6-7-8-9-10-11-12(13)14;9-8-11-6-5(7(15)12-8)10-3-13(6)4-16-2-1-14/h2-11H2,1H3,(H,13,14);3,14H,1-2,4H2,(H3,9,11,12,15). The molecule has 0 saturated carbocycles. The van der Waals surface area contributed by atoms with E-state index < -0.39 is 5.97 Å². The summed E-state index contributed by atoms with van der Waals surface area (Å²) in [4.78, 5) is 31.8. The molecule has 2 aromatic rings. The van der Waals surface area contributed by atoms with Crippen LogP contribution in [0, 0.1) is 0 Å². The van der Waals surface area contributed by atoms with Gasteiger partial charge in [-0.1, -0.05) is 58.3 Å². The minimum atomic E-state index is -0.659. The van der Waals surface area contributed by atoms with Crippen molar-refractivity contribution in [3.05, 3.63) is 16.7 Å². The van der Waals surface area contributed by atoms with Gasteiger partial charge in [0, 0.05) is 6.42 Å². The highest BCUT2D eigenvalue weighted by Crippen LogP contribution is 2.10. The second-order valence-electron chi connectivity index (χ2n) is 7.07. The minimum Gasteiger partial charge on any atom is -0.481 e. The zero-order chi connectivity index (χ0) is 22.2. The van der Waals surface area contributed by atoms with Gasteiger partial charge in [-0.3, -0.25) is 19.1 Å². The van der Waals surface area contributed by atoms with Gasteiger partial charge in [-0.25, -0.2) is 4.98 Å². The zero-order valence-corrected chi connectivity index (χ0v) is 17.8. The van der Waals surface area contributed by atoms with Crippen molar-refractivity contribution in [1.82, 2.24) is 19.5 Å². The van der Waals surface area contributed by atoms with Crippen LogP contribution in [0.25, 0.3) is 11.2 Å². The molecular formula is C20H35N5O5. The Morgan fingerprint density at radius 3 is 2.40 bits per heavy atom. The number of H-pyrrole nitrogens is 1. The minimum absolute atomic E-state index is 0.0291. The lowest BCUT2D eigenvalue weighted by Gasteiger charge is -2.03. The van der Waals surface area contributed by atoms with Crippen molar-refractivity contribution in [1.29, 1.82) is 0 Å². The number of unbranched alkanes of at least 4 members (excludes halogenated alkanes) is 8. The maximum Gasteiger partial charge on any atom is 0.303 e. The van der Waals surface area contributed by atoms with Crippen molar-refractivity contribution in [3.63, 3.8) is 0 Å². The van der Waals surface area contributed by atoms with E-state index in [4.69, 9.17) is 20.7 Å². The van der Waals surface area contributed by atoms with E-state index in [9.17, 15) is 9.59 Å². The molecule has 30 heavy (non-hydrogen) atoms. The Labute approximate surface area is 176 Å². The van der Waals surface area contributed by atoms with Crippen LogP contribution in [-0.2, 0) is 16.3 Å². The molecule has 0 aliphatic rings. The maximum atomic E-state index is 11.4. The maximum absolute atomic E-state index is 11.4. The number of hydrogen-bond donors (Lipinski definition) is 4. The molecule has 0 bridgehead atoms. The fourth-order valence-corrected chi connectivity index (χ4v) is 2.88. The van der Waals surface area contributed by atoms with Gasteiger partial charge in [0.25, 0.3) is 5.56 Å². The number of aromatic nitrogens is 4. The summed E-state index contributed by atoms with van der Waals surface area (Å²) in [6.45, 7) is 2.53. The molecule has 0 fully saturated rings. The third-order valence-electron chi connectivity index (χ3n) is 4.45. The lowest BCUT2D eigenvalue weighted by atomic mass is 10.1. The number of nitrogens with one attached hydrogen (secondary N) is 1. The van der Waals surface area contributed by atoms with Gasteiger partial charge in [0.2, 0.25) is 5.95 Å². The number of aromatic amines is 1. The number of hydrogen-bond acceptors (Lipinski definition) is 7. The van der Waals surface area contributed by atoms with Gasteiger partial charge in [0.15, 0.2) is 11.2 Å². The van der Waals surface area contributed by atoms with Crippen LogP contribution in [0.5, 0.6) is 0 Å². The topological polar surface area (TPSA) is 156 Å². The average Bonchev–Trinajstić information content (AvgIpc) is 3.10. The summed E-state index contributed by atoms with van der Waals surface area (Å²) in [5.41, 5.74) is 5.60. The largest absolute Gasteiger partial charge is 0.481 e. The average molecular weight is 426 g/mol. The van der Waals surface area contributed by atoms with Gasteiger partial charge < -0.3 is 20.7 Å². The smallest absolute Gasteiger partial charge is 0.303 e. The van der Waals surface area contributed by atoms with Crippen LogP contribution < -0.4 is 11.3 Å². The van der Waals surface area contributed by atoms with Crippen molar-refractivity contribution in [3.8, 4) is 0 Å². The Morgan fingerprint density at radius 1 is 1.17 bits per heavy atom. The summed E-state index contributed by atoms with van der Waals surface area (Å²) in [7, 11) is 0. The molecule has 0 saturated heterocycles. The number of fused-ring (bicyclic) bond motifs is 1. The first-order chi connectivity index (χ1) is 14.5. The van der Waals surface area contributed by atoms with Crippen molar-refractivity contribution in [2.75, 3.05) is 18.9 Å². The fraction of sp³-hybridized carbons (Fsp3) is 0.700. The number of carbonyl (C=O) groups is 1. The van der Waals surface area contributed by atoms with E-state index in [-0.39, 0.29) is 37.0 Å². The molecule has 0 aliphatic heterocycles. The van der Waals surface area contributed by atoms with Gasteiger partial charge >= 0.3 is 5.97 Å². The van der Waals surface area contributed by atoms with Crippen molar-refractivity contribution in [2.24, 2.45) is 0 Å². The summed E-state index contributed by atoms with van der Waals surface area (Å²) >= 11 is 0. The number of imidazole rings is 1. The van der Waals surface area contributed by atoms with Crippen LogP contribution in [0.4, 0.5) is 5.95 Å². The van der Waals surface area contributed by atoms with Gasteiger partial charge in [0.05, 0.1) is 19.5 Å². The molecule has 0 aromatic carbocycles. The Bertz CT molecular complexity index is 789. The SMILES string of the molecule is CCCCCCCCCCCC(=O)O.Nc1nc2c(ncn2COCCO)c(=O)[nH]1. The van der Waals surface area contributed by atoms with Gasteiger partial charge in [-0.05, 0) is 6.42 Å². The van der Waals surface area contributed by atoms with E-state index in [1.165, 1.54) is 55.8 Å². The van der Waals surface area contributed by atoms with Crippen LogP contribution in [-0.4, -0.2) is 48.9 Å². The van der Waals surface area contributed by atoms with E-state index in [0.717, 1.165) is 12.8 Å². The van der Waals surface area contributed by atoms with Crippen molar-refractivity contribution >= 4 is 23.1 Å². The van der Waals surface area contributed by atoms with E-state index in [1.807, 2.05) is 0 Å². The number of aliphatic hydroxyl groups excluding tert-OH is 1. The highest BCUT2D eigenvalue weighted by atomic mass is 16.5. The predicted octanol–water partition coefficient (Wildman–Crippen LogP) is 2.66. The molecule has 2 heterocycles. The summed E-state index contributed by atoms with van der Waals surface area (Å²) in [5.74, 6) is -0.630. The first kappa shape index (κ1) is 25.6. The number of nitrogens with two attached hydrogens (primary N) is 1. The van der Waals surface area contributed by atoms with Gasteiger partial charge in [-0.15, -0.1) is 0 Å². The first-order valence-electron chi connectivity index (χ1n) is 10.6. The second kappa shape index (κ2) is 15.4. The van der Waals surface area contributed by atoms with E-state index in [2.05, 4.69) is 21.9 Å². The zero-order valence-electron chi connectivity index (χ0n) is 17.8. The van der Waals surface area contributed by atoms with E-state index in [1.54, 1.807) is 0 Å². The van der Waals surface area contributed by atoms with Crippen LogP contribution >= 0.6 is 0 Å². The number of aliphatic hydroxyl groups is 1. The summed E-state index contributed by atoms with van der Waals surface area (Å²) in [5, 5.41) is 17.0. The van der Waals surface area contributed by atoms with Gasteiger partial charge in [-0.2, -0.15) is 4.98 Å². The fourth-order valence-electron chi connectivity index (χ4n) is 2.88. The quantitative estimate of drug-likeness (QED) is 0.336. The summed E-state index contributed by atoms with van der Waals surface area (Å²) in [6, 6.07) is 0. The van der Waals surface area contributed by atoms with Crippen LogP contribution in [0.15, 0.2) is 11.1 Å². The molecule has 10 heteroatoms.